The van der Waals surface area contributed by atoms with Gasteiger partial charge in [-0.25, -0.2) is 0 Å². The Balaban J connectivity index is 2.49. The monoisotopic (exact) mass is 916 g/mol. The number of aliphatic hydroxyl groups excluding tert-OH is 3. The fourth-order valence-electron chi connectivity index (χ4n) is 6.52. The van der Waals surface area contributed by atoms with E-state index < -0.39 is 53.7 Å². The van der Waals surface area contributed by atoms with Crippen molar-refractivity contribution in [2.45, 2.75) is 120 Å². The molecule has 1 unspecified atom stereocenters. The average Bonchev–Trinajstić information content (AvgIpc) is 3.26. The van der Waals surface area contributed by atoms with Crippen molar-refractivity contribution < 1.29 is 63.2 Å². The van der Waals surface area contributed by atoms with E-state index in [0.717, 1.165) is 104 Å². The molecule has 0 aromatic heterocycles. The van der Waals surface area contributed by atoms with Gasteiger partial charge in [0, 0.05) is 13.0 Å². The van der Waals surface area contributed by atoms with Crippen LogP contribution < -0.4 is 32.7 Å². The van der Waals surface area contributed by atoms with Crippen LogP contribution in [0.5, 0.6) is 0 Å². The zero-order valence-electron chi connectivity index (χ0n) is 37.7. The van der Waals surface area contributed by atoms with Crippen molar-refractivity contribution in [3.05, 3.63) is 0 Å². The third-order valence-electron chi connectivity index (χ3n) is 10.0. The number of rotatable bonds is 44. The second-order valence-electron chi connectivity index (χ2n) is 15.1. The predicted molar refractivity (Wildman–Crippen MR) is 238 cm³/mol. The molecule has 1 aliphatic heterocycles. The first-order valence-electron chi connectivity index (χ1n) is 22.8. The number of carbonyl (C=O) groups is 2. The summed E-state index contributed by atoms with van der Waals surface area (Å²) < 4.78 is 38.9. The first kappa shape index (κ1) is 58.7. The molecule has 0 saturated carbocycles. The number of nitrogens with zero attached hydrogens (tertiary/aromatic N) is 1. The zero-order chi connectivity index (χ0) is 45.7. The van der Waals surface area contributed by atoms with Crippen LogP contribution in [0.15, 0.2) is 0 Å². The van der Waals surface area contributed by atoms with E-state index in [0.29, 0.717) is 57.5 Å². The van der Waals surface area contributed by atoms with Crippen molar-refractivity contribution in [3.63, 3.8) is 0 Å². The predicted octanol–water partition coefficient (Wildman–Crippen LogP) is -1.24. The Morgan fingerprint density at radius 2 is 1.16 bits per heavy atom. The first-order chi connectivity index (χ1) is 30.0. The highest BCUT2D eigenvalue weighted by molar-refractivity contribution is 7.81. The van der Waals surface area contributed by atoms with Gasteiger partial charge in [0.25, 0.3) is 5.91 Å². The maximum Gasteiger partial charge on any atom is 0.267 e. The number of primary amides is 1. The van der Waals surface area contributed by atoms with Crippen LogP contribution in [0.2, 0.25) is 0 Å². The van der Waals surface area contributed by atoms with E-state index in [-0.39, 0.29) is 39.4 Å². The van der Waals surface area contributed by atoms with Gasteiger partial charge in [-0.2, -0.15) is 0 Å². The van der Waals surface area contributed by atoms with E-state index in [1.807, 2.05) is 0 Å². The number of nitrogens with one attached hydrogen (secondary N) is 4. The minimum absolute atomic E-state index is 0.0524. The summed E-state index contributed by atoms with van der Waals surface area (Å²) in [7, 11) is 0. The fraction of sp³-hybridized carbons (Fsp3) is 0.951. The van der Waals surface area contributed by atoms with Gasteiger partial charge in [-0.3, -0.25) is 19.8 Å². The summed E-state index contributed by atoms with van der Waals surface area (Å²) in [4.78, 5) is 26.7. The fourth-order valence-corrected chi connectivity index (χ4v) is 6.96. The minimum Gasteiger partial charge on any atom is -0.394 e. The quantitative estimate of drug-likeness (QED) is 0.0194. The Kier molecular flexibility index (Phi) is 35.8. The minimum atomic E-state index is -2.95. The summed E-state index contributed by atoms with van der Waals surface area (Å²) in [6.45, 7) is 13.0. The third-order valence-corrected chi connectivity index (χ3v) is 10.5. The molecule has 1 fully saturated rings. The summed E-state index contributed by atoms with van der Waals surface area (Å²) in [6.07, 6.45) is 1.96. The Labute approximate surface area is 375 Å². The molecule has 0 radical (unpaired) electrons. The lowest BCUT2D eigenvalue weighted by Gasteiger charge is -2.56. The van der Waals surface area contributed by atoms with Crippen LogP contribution >= 0.6 is 12.6 Å². The number of hydrogen-bond acceptors (Lipinski definition) is 19. The van der Waals surface area contributed by atoms with Crippen molar-refractivity contribution in [2.75, 3.05) is 132 Å². The highest BCUT2D eigenvalue weighted by atomic mass is 32.1. The van der Waals surface area contributed by atoms with E-state index >= 15 is 0 Å². The van der Waals surface area contributed by atoms with Crippen LogP contribution in [-0.4, -0.2) is 204 Å². The lowest BCUT2D eigenvalue weighted by atomic mass is 9.88. The summed E-state index contributed by atoms with van der Waals surface area (Å²) in [5.74, 6) is -2.07. The molecule has 0 aromatic rings. The molecular formula is C41H85N7O13S. The Morgan fingerprint density at radius 3 is 1.65 bits per heavy atom. The number of ether oxygens (including phenoxy) is 7. The summed E-state index contributed by atoms with van der Waals surface area (Å²) in [5.41, 5.74) is 8.22. The SMILES string of the molecule is CCCCCOCCOCCOCCOCCOCCOC(C(N)=O)N(C(=O)CC)[C@]1(O)[C@H](O)[C@@H](CO)O[C@@](S)(NCCCCCNCCCNCCCCNCCCN)[C@H]1O. The maximum absolute atomic E-state index is 13.4. The molecule has 1 rings (SSSR count). The molecular weight excluding hydrogens is 831 g/mol. The number of thiol groups is 1. The van der Waals surface area contributed by atoms with Gasteiger partial charge in [0.15, 0.2) is 11.2 Å². The molecule has 1 heterocycles. The van der Waals surface area contributed by atoms with Crippen LogP contribution in [0.1, 0.15) is 84.5 Å². The number of carbonyl (C=O) groups excluding carboxylic acids is 2. The van der Waals surface area contributed by atoms with Gasteiger partial charge in [0.1, 0.15) is 12.2 Å². The van der Waals surface area contributed by atoms with Gasteiger partial charge in [-0.05, 0) is 97.3 Å². The average molecular weight is 916 g/mol. The maximum atomic E-state index is 13.4. The Hall–Kier alpha value is -1.35. The molecule has 12 N–H and O–H groups in total. The van der Waals surface area contributed by atoms with E-state index in [1.165, 1.54) is 6.92 Å². The molecule has 0 spiro atoms. The van der Waals surface area contributed by atoms with E-state index in [1.54, 1.807) is 0 Å². The molecule has 20 nitrogen and oxygen atoms in total. The van der Waals surface area contributed by atoms with Gasteiger partial charge in [0.05, 0.1) is 72.7 Å². The number of amides is 2. The van der Waals surface area contributed by atoms with Crippen LogP contribution in [0.4, 0.5) is 0 Å². The smallest absolute Gasteiger partial charge is 0.267 e. The normalized spacial score (nSPS) is 22.0. The van der Waals surface area contributed by atoms with Gasteiger partial charge < -0.3 is 81.0 Å². The molecule has 1 saturated heterocycles. The van der Waals surface area contributed by atoms with E-state index in [2.05, 4.69) is 40.8 Å². The molecule has 368 valence electrons. The second-order valence-corrected chi connectivity index (χ2v) is 15.8. The lowest BCUT2D eigenvalue weighted by Crippen LogP contribution is -2.81. The molecule has 2 amide bonds. The van der Waals surface area contributed by atoms with E-state index in [9.17, 15) is 30.0 Å². The molecule has 0 aliphatic carbocycles. The summed E-state index contributed by atoms with van der Waals surface area (Å²) in [6, 6.07) is 0. The molecule has 1 aliphatic rings. The highest BCUT2D eigenvalue weighted by Gasteiger charge is 2.66. The number of hydrogen-bond donors (Lipinski definition) is 11. The van der Waals surface area contributed by atoms with Crippen molar-refractivity contribution in [2.24, 2.45) is 11.5 Å². The third kappa shape index (κ3) is 24.3. The zero-order valence-corrected chi connectivity index (χ0v) is 38.6. The summed E-state index contributed by atoms with van der Waals surface area (Å²) in [5, 5.41) is 56.3. The van der Waals surface area contributed by atoms with Crippen LogP contribution in [0.3, 0.4) is 0 Å². The first-order valence-corrected chi connectivity index (χ1v) is 23.3. The highest BCUT2D eigenvalue weighted by Crippen LogP contribution is 2.41. The molecule has 6 atom stereocenters. The van der Waals surface area contributed by atoms with Crippen LogP contribution in [0, 0.1) is 0 Å². The van der Waals surface area contributed by atoms with Crippen molar-refractivity contribution >= 4 is 24.4 Å². The van der Waals surface area contributed by atoms with Crippen molar-refractivity contribution in [1.82, 2.24) is 26.2 Å². The van der Waals surface area contributed by atoms with Crippen molar-refractivity contribution in [1.29, 1.82) is 0 Å². The van der Waals surface area contributed by atoms with Crippen LogP contribution in [0.25, 0.3) is 0 Å². The molecule has 0 aromatic carbocycles. The number of aliphatic hydroxyl groups is 4. The molecule has 0 bridgehead atoms. The topological polar surface area (TPSA) is 283 Å². The molecule has 62 heavy (non-hydrogen) atoms. The lowest BCUT2D eigenvalue weighted by molar-refractivity contribution is -0.343. The van der Waals surface area contributed by atoms with E-state index in [4.69, 9.17) is 44.6 Å². The van der Waals surface area contributed by atoms with Gasteiger partial charge >= 0.3 is 0 Å². The summed E-state index contributed by atoms with van der Waals surface area (Å²) >= 11 is 4.50. The Morgan fingerprint density at radius 1 is 0.694 bits per heavy atom. The molecule has 21 heteroatoms. The largest absolute Gasteiger partial charge is 0.394 e. The van der Waals surface area contributed by atoms with Crippen molar-refractivity contribution in [3.8, 4) is 0 Å². The standard InChI is InChI=1S/C41H85N7O13S/c1-3-5-11-22-55-23-24-56-25-26-57-27-28-58-29-30-59-31-32-60-38(37(43)52)48(35(50)4-2)40(54)36(51)34(33-49)61-41(62,39(40)53)47-21-8-6-7-15-45-19-13-20-46-17-10-9-16-44-18-12-14-42/h34,36,38-39,44-47,49,51,53-54,62H,3-33,42H2,1-2H3,(H2,43,52)/t34-,36-,38?,39+,40+,41+/m1/s1. The second kappa shape index (κ2) is 37.8. The van der Waals surface area contributed by atoms with Gasteiger partial charge in [-0.1, -0.05) is 33.1 Å². The van der Waals surface area contributed by atoms with Crippen LogP contribution in [-0.2, 0) is 42.7 Å². The number of nitrogens with two attached hydrogens (primary N) is 2. The Bertz CT molecular complexity index is 1100. The number of unbranched alkanes of at least 4 members (excludes halogenated alkanes) is 5. The van der Waals surface area contributed by atoms with Gasteiger partial charge in [-0.15, -0.1) is 12.6 Å². The van der Waals surface area contributed by atoms with Gasteiger partial charge in [0.2, 0.25) is 17.9 Å².